The number of amides is 1. The van der Waals surface area contributed by atoms with Crippen molar-refractivity contribution in [3.05, 3.63) is 12.4 Å². The lowest BCUT2D eigenvalue weighted by Gasteiger charge is -2.35. The fraction of sp³-hybridized carbons (Fsp3) is 0.545. The fourth-order valence-corrected chi connectivity index (χ4v) is 1.98. The van der Waals surface area contributed by atoms with E-state index >= 15 is 0 Å². The molecule has 1 unspecified atom stereocenters. The first-order valence-electron chi connectivity index (χ1n) is 5.81. The van der Waals surface area contributed by atoms with Gasteiger partial charge in [-0.15, -0.1) is 0 Å². The average molecular weight is 251 g/mol. The number of likely N-dealkylation sites (N-methyl/N-ethyl adjacent to an activating group) is 1. The highest BCUT2D eigenvalue weighted by Gasteiger charge is 2.29. The van der Waals surface area contributed by atoms with Gasteiger partial charge in [-0.1, -0.05) is 0 Å². The number of hydrogen-bond donors (Lipinski definition) is 2. The third-order valence-corrected chi connectivity index (χ3v) is 2.92. The van der Waals surface area contributed by atoms with Gasteiger partial charge >= 0.3 is 0 Å². The Labute approximate surface area is 106 Å². The van der Waals surface area contributed by atoms with Gasteiger partial charge in [0, 0.05) is 32.7 Å². The maximum atomic E-state index is 11.8. The molecule has 7 nitrogen and oxygen atoms in total. The van der Waals surface area contributed by atoms with Crippen LogP contribution in [-0.2, 0) is 4.79 Å². The molecule has 1 aromatic rings. The molecule has 1 aromatic heterocycles. The summed E-state index contributed by atoms with van der Waals surface area (Å²) in [6, 6.07) is 1.48. The van der Waals surface area contributed by atoms with Crippen LogP contribution in [0.5, 0.6) is 5.88 Å². The van der Waals surface area contributed by atoms with Gasteiger partial charge in [-0.2, -0.15) is 0 Å². The molecule has 1 fully saturated rings. The quantitative estimate of drug-likeness (QED) is 0.718. The Morgan fingerprint density at radius 3 is 3.17 bits per heavy atom. The van der Waals surface area contributed by atoms with E-state index in [0.29, 0.717) is 18.2 Å². The standard InChI is InChI=1S/C11H17N5O2/c1-12-11(17)8-6-13-3-4-16(8)9-5-10(18-2)15-7-14-9/h5,7-8,13H,3-4,6H2,1-2H3,(H,12,17). The molecule has 0 aliphatic carbocycles. The maximum absolute atomic E-state index is 11.8. The second-order valence-corrected chi connectivity index (χ2v) is 3.95. The van der Waals surface area contributed by atoms with Crippen molar-refractivity contribution in [2.75, 3.05) is 38.7 Å². The minimum Gasteiger partial charge on any atom is -0.481 e. The van der Waals surface area contributed by atoms with Crippen LogP contribution < -0.4 is 20.3 Å². The van der Waals surface area contributed by atoms with Crippen molar-refractivity contribution in [1.82, 2.24) is 20.6 Å². The van der Waals surface area contributed by atoms with E-state index in [9.17, 15) is 4.79 Å². The summed E-state index contributed by atoms with van der Waals surface area (Å²) in [5.74, 6) is 1.17. The highest BCUT2D eigenvalue weighted by Crippen LogP contribution is 2.18. The number of methoxy groups -OCH3 is 1. The number of carbonyl (C=O) groups excluding carboxylic acids is 1. The normalized spacial score (nSPS) is 19.4. The molecule has 18 heavy (non-hydrogen) atoms. The van der Waals surface area contributed by atoms with Gasteiger partial charge in [0.15, 0.2) is 0 Å². The highest BCUT2D eigenvalue weighted by atomic mass is 16.5. The lowest BCUT2D eigenvalue weighted by molar-refractivity contribution is -0.122. The zero-order valence-electron chi connectivity index (χ0n) is 10.5. The van der Waals surface area contributed by atoms with Crippen molar-refractivity contribution in [1.29, 1.82) is 0 Å². The van der Waals surface area contributed by atoms with E-state index < -0.39 is 0 Å². The molecule has 1 amide bonds. The van der Waals surface area contributed by atoms with Crippen LogP contribution in [0.2, 0.25) is 0 Å². The minimum absolute atomic E-state index is 0.0280. The predicted molar refractivity (Wildman–Crippen MR) is 66.7 cm³/mol. The molecule has 1 atom stereocenters. The molecule has 1 aliphatic heterocycles. The van der Waals surface area contributed by atoms with E-state index in [0.717, 1.165) is 13.1 Å². The number of nitrogens with zero attached hydrogens (tertiary/aromatic N) is 3. The Morgan fingerprint density at radius 1 is 1.61 bits per heavy atom. The molecular weight excluding hydrogens is 234 g/mol. The van der Waals surface area contributed by atoms with E-state index in [1.807, 2.05) is 4.90 Å². The van der Waals surface area contributed by atoms with Gasteiger partial charge in [-0.25, -0.2) is 9.97 Å². The second-order valence-electron chi connectivity index (χ2n) is 3.95. The van der Waals surface area contributed by atoms with Crippen LogP contribution in [0.15, 0.2) is 12.4 Å². The van der Waals surface area contributed by atoms with E-state index in [-0.39, 0.29) is 11.9 Å². The number of anilines is 1. The molecule has 0 aromatic carbocycles. The van der Waals surface area contributed by atoms with Crippen molar-refractivity contribution >= 4 is 11.7 Å². The lowest BCUT2D eigenvalue weighted by atomic mass is 10.1. The molecule has 0 saturated carbocycles. The number of nitrogens with one attached hydrogen (secondary N) is 2. The van der Waals surface area contributed by atoms with E-state index in [4.69, 9.17) is 4.74 Å². The van der Waals surface area contributed by atoms with Crippen molar-refractivity contribution in [2.45, 2.75) is 6.04 Å². The second kappa shape index (κ2) is 5.63. The Bertz CT molecular complexity index is 426. The Morgan fingerprint density at radius 2 is 2.44 bits per heavy atom. The summed E-state index contributed by atoms with van der Waals surface area (Å²) < 4.78 is 5.07. The van der Waals surface area contributed by atoms with Gasteiger partial charge in [-0.3, -0.25) is 4.79 Å². The SMILES string of the molecule is CNC(=O)C1CNCCN1c1cc(OC)ncn1. The topological polar surface area (TPSA) is 79.4 Å². The van der Waals surface area contributed by atoms with Crippen molar-refractivity contribution < 1.29 is 9.53 Å². The fourth-order valence-electron chi connectivity index (χ4n) is 1.98. The van der Waals surface area contributed by atoms with Gasteiger partial charge in [-0.05, 0) is 0 Å². The number of ether oxygens (including phenoxy) is 1. The Balaban J connectivity index is 2.24. The summed E-state index contributed by atoms with van der Waals surface area (Å²) >= 11 is 0. The molecule has 2 heterocycles. The lowest BCUT2D eigenvalue weighted by Crippen LogP contribution is -2.57. The first-order valence-corrected chi connectivity index (χ1v) is 5.81. The number of piperazine rings is 1. The zero-order chi connectivity index (χ0) is 13.0. The van der Waals surface area contributed by atoms with E-state index in [1.54, 1.807) is 20.2 Å². The van der Waals surface area contributed by atoms with Crippen molar-refractivity contribution in [2.24, 2.45) is 0 Å². The van der Waals surface area contributed by atoms with Crippen LogP contribution in [0, 0.1) is 0 Å². The van der Waals surface area contributed by atoms with Crippen LogP contribution in [0.25, 0.3) is 0 Å². The maximum Gasteiger partial charge on any atom is 0.243 e. The monoisotopic (exact) mass is 251 g/mol. The summed E-state index contributed by atoms with van der Waals surface area (Å²) in [4.78, 5) is 22.0. The molecule has 7 heteroatoms. The largest absolute Gasteiger partial charge is 0.481 e. The van der Waals surface area contributed by atoms with Gasteiger partial charge < -0.3 is 20.3 Å². The number of hydrogen-bond acceptors (Lipinski definition) is 6. The first kappa shape index (κ1) is 12.6. The van der Waals surface area contributed by atoms with Crippen LogP contribution in [0.3, 0.4) is 0 Å². The molecule has 1 saturated heterocycles. The Hall–Kier alpha value is -1.89. The smallest absolute Gasteiger partial charge is 0.243 e. The van der Waals surface area contributed by atoms with Crippen LogP contribution in [0.1, 0.15) is 0 Å². The molecule has 0 spiro atoms. The van der Waals surface area contributed by atoms with Crippen LogP contribution >= 0.6 is 0 Å². The summed E-state index contributed by atoms with van der Waals surface area (Å²) in [7, 11) is 3.19. The summed E-state index contributed by atoms with van der Waals surface area (Å²) in [5.41, 5.74) is 0. The van der Waals surface area contributed by atoms with Gasteiger partial charge in [0.05, 0.1) is 7.11 Å². The van der Waals surface area contributed by atoms with E-state index in [2.05, 4.69) is 20.6 Å². The zero-order valence-corrected chi connectivity index (χ0v) is 10.5. The number of carbonyl (C=O) groups is 1. The first-order chi connectivity index (χ1) is 8.76. The van der Waals surface area contributed by atoms with Gasteiger partial charge in [0.2, 0.25) is 11.8 Å². The van der Waals surface area contributed by atoms with E-state index in [1.165, 1.54) is 6.33 Å². The Kier molecular flexibility index (Phi) is 3.93. The predicted octanol–water partition coefficient (Wildman–Crippen LogP) is -0.991. The third kappa shape index (κ3) is 2.51. The van der Waals surface area contributed by atoms with Crippen molar-refractivity contribution in [3.8, 4) is 5.88 Å². The molecule has 2 N–H and O–H groups in total. The minimum atomic E-state index is -0.261. The molecule has 0 bridgehead atoms. The van der Waals surface area contributed by atoms with Crippen molar-refractivity contribution in [3.63, 3.8) is 0 Å². The highest BCUT2D eigenvalue weighted by molar-refractivity contribution is 5.85. The van der Waals surface area contributed by atoms with Crippen LogP contribution in [-0.4, -0.2) is 55.7 Å². The summed E-state index contributed by atoms with van der Waals surface area (Å²) in [6.45, 7) is 2.14. The summed E-state index contributed by atoms with van der Waals surface area (Å²) in [5, 5.41) is 5.87. The average Bonchev–Trinajstić information content (AvgIpc) is 2.46. The van der Waals surface area contributed by atoms with Gasteiger partial charge in [0.1, 0.15) is 18.2 Å². The summed E-state index contributed by atoms with van der Waals surface area (Å²) in [6.07, 6.45) is 1.44. The molecule has 0 radical (unpaired) electrons. The molecule has 1 aliphatic rings. The number of rotatable bonds is 3. The molecule has 98 valence electrons. The number of aromatic nitrogens is 2. The molecule has 2 rings (SSSR count). The third-order valence-electron chi connectivity index (χ3n) is 2.92. The van der Waals surface area contributed by atoms with Crippen LogP contribution in [0.4, 0.5) is 5.82 Å². The van der Waals surface area contributed by atoms with Gasteiger partial charge in [0.25, 0.3) is 0 Å². The molecular formula is C11H17N5O2.